The highest BCUT2D eigenvalue weighted by Crippen LogP contribution is 2.63. The zero-order chi connectivity index (χ0) is 24.0. The Bertz CT molecular complexity index is 934. The van der Waals surface area contributed by atoms with Gasteiger partial charge in [-0.3, -0.25) is 4.79 Å². The Labute approximate surface area is 207 Å². The van der Waals surface area contributed by atoms with Gasteiger partial charge < -0.3 is 4.74 Å². The molecule has 4 rings (SSSR count). The second-order valence-electron chi connectivity index (χ2n) is 9.97. The number of hydrogen-bond acceptors (Lipinski definition) is 5. The predicted octanol–water partition coefficient (Wildman–Crippen LogP) is 6.40. The number of nitrogens with zero attached hydrogens (tertiary/aromatic N) is 4. The fourth-order valence-electron chi connectivity index (χ4n) is 6.06. The molecule has 7 nitrogen and oxygen atoms in total. The maximum Gasteiger partial charge on any atom is 0.416 e. The van der Waals surface area contributed by atoms with Crippen molar-refractivity contribution < 1.29 is 14.3 Å². The summed E-state index contributed by atoms with van der Waals surface area (Å²) in [5.74, 6) is -0.443. The number of hydrogen-bond donors (Lipinski definition) is 0. The van der Waals surface area contributed by atoms with Crippen LogP contribution < -0.4 is 0 Å². The highest BCUT2D eigenvalue weighted by atomic mass is 32.4. The molecular formula is C25H35N4O3PS. The molecule has 1 aliphatic heterocycles. The van der Waals surface area contributed by atoms with Crippen LogP contribution in [0.25, 0.3) is 10.4 Å². The fraction of sp³-hybridized carbons (Fsp3) is 0.680. The molecule has 1 heterocycles. The number of amides is 2. The molecule has 0 N–H and O–H groups in total. The number of rotatable bonds is 8. The standard InChI is InChI=1S/C25H35N4O3PS/c26-28-27-23(18-33(34,21-12-6-2-7-13-21)22-14-8-3-9-15-22)24(30)29-20(17-32-25(29)31)16-19-10-4-1-5-11-19/h1,4-5,10-11,20-23H,2-3,6-9,12-18H2/t20-,23-/m0/s1. The Balaban J connectivity index is 1.58. The van der Waals surface area contributed by atoms with E-state index in [2.05, 4.69) is 10.0 Å². The van der Waals surface area contributed by atoms with Crippen LogP contribution in [0, 0.1) is 0 Å². The first-order valence-corrected chi connectivity index (χ1v) is 15.8. The molecule has 0 aromatic heterocycles. The van der Waals surface area contributed by atoms with Gasteiger partial charge in [0.25, 0.3) is 0 Å². The molecule has 2 atom stereocenters. The highest BCUT2D eigenvalue weighted by Gasteiger charge is 2.45. The number of benzene rings is 1. The van der Waals surface area contributed by atoms with Crippen molar-refractivity contribution in [2.75, 3.05) is 12.8 Å². The molecule has 0 spiro atoms. The smallest absolute Gasteiger partial charge is 0.416 e. The van der Waals surface area contributed by atoms with Crippen LogP contribution in [0.5, 0.6) is 0 Å². The van der Waals surface area contributed by atoms with Crippen LogP contribution >= 0.6 is 6.04 Å². The fourth-order valence-corrected chi connectivity index (χ4v) is 12.2. The zero-order valence-corrected chi connectivity index (χ0v) is 21.5. The van der Waals surface area contributed by atoms with Crippen LogP contribution in [-0.4, -0.2) is 53.1 Å². The van der Waals surface area contributed by atoms with Crippen molar-refractivity contribution in [2.45, 2.75) is 94.0 Å². The van der Waals surface area contributed by atoms with Crippen molar-refractivity contribution in [1.82, 2.24) is 4.90 Å². The minimum Gasteiger partial charge on any atom is -0.447 e. The molecule has 184 valence electrons. The summed E-state index contributed by atoms with van der Waals surface area (Å²) in [4.78, 5) is 30.6. The van der Waals surface area contributed by atoms with Gasteiger partial charge in [-0.1, -0.05) is 85.8 Å². The third-order valence-corrected chi connectivity index (χ3v) is 14.5. The SMILES string of the molecule is [N-]=[N+]=N[C@@H](CP(=S)(C1CCCCC1)C1CCCCC1)C(=O)N1C(=O)OC[C@@H]1Cc1ccccc1. The Morgan fingerprint density at radius 3 is 2.24 bits per heavy atom. The molecule has 0 radical (unpaired) electrons. The van der Waals surface area contributed by atoms with E-state index in [4.69, 9.17) is 16.5 Å². The lowest BCUT2D eigenvalue weighted by atomic mass is 9.99. The summed E-state index contributed by atoms with van der Waals surface area (Å²) in [7, 11) is 0. The van der Waals surface area contributed by atoms with Gasteiger partial charge in [0, 0.05) is 4.91 Å². The van der Waals surface area contributed by atoms with Gasteiger partial charge in [-0.2, -0.15) is 0 Å². The van der Waals surface area contributed by atoms with E-state index in [0.717, 1.165) is 31.2 Å². The molecule has 2 amide bonds. The van der Waals surface area contributed by atoms with Crippen molar-refractivity contribution in [2.24, 2.45) is 5.11 Å². The quantitative estimate of drug-likeness (QED) is 0.178. The Kier molecular flexibility index (Phi) is 8.68. The maximum atomic E-state index is 13.7. The van der Waals surface area contributed by atoms with Crippen LogP contribution in [-0.2, 0) is 27.8 Å². The van der Waals surface area contributed by atoms with Gasteiger partial charge in [0.1, 0.15) is 12.6 Å². The van der Waals surface area contributed by atoms with E-state index in [1.165, 1.54) is 43.4 Å². The molecule has 2 aliphatic carbocycles. The van der Waals surface area contributed by atoms with E-state index in [0.29, 0.717) is 23.9 Å². The third kappa shape index (κ3) is 5.67. The summed E-state index contributed by atoms with van der Waals surface area (Å²) in [6.07, 6.45) is 12.0. The van der Waals surface area contributed by atoms with E-state index < -0.39 is 30.1 Å². The number of ether oxygens (including phenoxy) is 1. The summed E-state index contributed by atoms with van der Waals surface area (Å²) in [6, 6.07) is 6.43. The molecule has 3 fully saturated rings. The molecular weight excluding hydrogens is 467 g/mol. The van der Waals surface area contributed by atoms with Gasteiger partial charge in [-0.05, 0) is 66.7 Å². The number of carbonyl (C=O) groups is 2. The van der Waals surface area contributed by atoms with Crippen molar-refractivity contribution in [1.29, 1.82) is 0 Å². The van der Waals surface area contributed by atoms with Gasteiger partial charge >= 0.3 is 6.09 Å². The lowest BCUT2D eigenvalue weighted by Gasteiger charge is -2.42. The van der Waals surface area contributed by atoms with E-state index in [1.807, 2.05) is 30.3 Å². The van der Waals surface area contributed by atoms with Crippen LogP contribution in [0.15, 0.2) is 35.4 Å². The lowest BCUT2D eigenvalue weighted by Crippen LogP contribution is -2.46. The van der Waals surface area contributed by atoms with Crippen LogP contribution in [0.4, 0.5) is 4.79 Å². The van der Waals surface area contributed by atoms with E-state index in [-0.39, 0.29) is 6.61 Å². The monoisotopic (exact) mass is 502 g/mol. The highest BCUT2D eigenvalue weighted by molar-refractivity contribution is 8.15. The van der Waals surface area contributed by atoms with E-state index in [9.17, 15) is 15.1 Å². The number of azide groups is 1. The molecule has 3 aliphatic rings. The third-order valence-electron chi connectivity index (χ3n) is 7.83. The average molecular weight is 503 g/mol. The average Bonchev–Trinajstić information content (AvgIpc) is 3.24. The summed E-state index contributed by atoms with van der Waals surface area (Å²) in [5.41, 5.74) is 11.3. The largest absolute Gasteiger partial charge is 0.447 e. The zero-order valence-electron chi connectivity index (χ0n) is 19.8. The number of imide groups is 1. The minimum atomic E-state index is -1.99. The van der Waals surface area contributed by atoms with Crippen molar-refractivity contribution >= 4 is 29.8 Å². The lowest BCUT2D eigenvalue weighted by molar-refractivity contribution is -0.130. The molecule has 0 bridgehead atoms. The number of carbonyl (C=O) groups excluding carboxylic acids is 2. The second kappa shape index (κ2) is 11.7. The van der Waals surface area contributed by atoms with Gasteiger partial charge in [0.05, 0.1) is 6.04 Å². The van der Waals surface area contributed by atoms with Crippen molar-refractivity contribution in [3.63, 3.8) is 0 Å². The van der Waals surface area contributed by atoms with Crippen LogP contribution in [0.2, 0.25) is 0 Å². The summed E-state index contributed by atoms with van der Waals surface area (Å²) in [6.45, 7) is 0.155. The first kappa shape index (κ1) is 25.2. The maximum absolute atomic E-state index is 13.7. The first-order chi connectivity index (χ1) is 16.5. The molecule has 34 heavy (non-hydrogen) atoms. The molecule has 2 saturated carbocycles. The Morgan fingerprint density at radius 2 is 1.68 bits per heavy atom. The molecule has 0 unspecified atom stereocenters. The summed E-state index contributed by atoms with van der Waals surface area (Å²) < 4.78 is 5.28. The van der Waals surface area contributed by atoms with E-state index >= 15 is 0 Å². The minimum absolute atomic E-state index is 0.155. The van der Waals surface area contributed by atoms with Gasteiger partial charge in [0.2, 0.25) is 5.91 Å². The topological polar surface area (TPSA) is 95.4 Å². The first-order valence-electron chi connectivity index (χ1n) is 12.7. The van der Waals surface area contributed by atoms with Crippen molar-refractivity contribution in [3.8, 4) is 0 Å². The van der Waals surface area contributed by atoms with Gasteiger partial charge in [-0.25, -0.2) is 9.69 Å². The van der Waals surface area contributed by atoms with Crippen LogP contribution in [0.1, 0.15) is 69.8 Å². The molecule has 1 saturated heterocycles. The Hall–Kier alpha value is -1.88. The van der Waals surface area contributed by atoms with Gasteiger partial charge in [0.15, 0.2) is 0 Å². The van der Waals surface area contributed by atoms with Crippen LogP contribution in [0.3, 0.4) is 0 Å². The summed E-state index contributed by atoms with van der Waals surface area (Å²) in [5, 5.41) is 3.96. The van der Waals surface area contributed by atoms with E-state index in [1.54, 1.807) is 0 Å². The normalized spacial score (nSPS) is 23.2. The molecule has 9 heteroatoms. The molecule has 1 aromatic carbocycles. The van der Waals surface area contributed by atoms with Crippen molar-refractivity contribution in [3.05, 3.63) is 46.3 Å². The Morgan fingerprint density at radius 1 is 1.09 bits per heavy atom. The number of cyclic esters (lactones) is 1. The predicted molar refractivity (Wildman–Crippen MR) is 138 cm³/mol. The summed E-state index contributed by atoms with van der Waals surface area (Å²) >= 11 is 6.53. The second-order valence-corrected chi connectivity index (χ2v) is 15.5. The molecule has 1 aromatic rings. The van der Waals surface area contributed by atoms with Gasteiger partial charge in [-0.15, -0.1) is 0 Å².